The maximum absolute atomic E-state index is 12.5. The average molecular weight is 366 g/mol. The highest BCUT2D eigenvalue weighted by Gasteiger charge is 2.47. The molecule has 1 aromatic carbocycles. The number of hydrogen-bond donors (Lipinski definition) is 0. The highest BCUT2D eigenvalue weighted by atomic mass is 32.2. The van der Waals surface area contributed by atoms with Gasteiger partial charge in [-0.05, 0) is 12.3 Å². The third-order valence-corrected chi connectivity index (χ3v) is 5.22. The molecule has 3 unspecified atom stereocenters. The Balaban J connectivity index is 2.13. The van der Waals surface area contributed by atoms with Crippen molar-refractivity contribution in [2.75, 3.05) is 20.5 Å². The molecular weight excluding hydrogens is 344 g/mol. The lowest BCUT2D eigenvalue weighted by Crippen LogP contribution is -2.30. The van der Waals surface area contributed by atoms with Crippen LogP contribution in [0.2, 0.25) is 0 Å². The summed E-state index contributed by atoms with van der Waals surface area (Å²) in [6.07, 6.45) is 1.43. The van der Waals surface area contributed by atoms with E-state index in [-0.39, 0.29) is 11.7 Å². The van der Waals surface area contributed by atoms with Crippen LogP contribution in [0.5, 0.6) is 11.5 Å². The van der Waals surface area contributed by atoms with Crippen molar-refractivity contribution in [3.05, 3.63) is 23.8 Å². The first kappa shape index (κ1) is 19.3. The van der Waals surface area contributed by atoms with Crippen LogP contribution in [0.4, 0.5) is 0 Å². The summed E-state index contributed by atoms with van der Waals surface area (Å²) in [7, 11) is 3.01. The molecule has 0 aliphatic carbocycles. The normalized spacial score (nSPS) is 21.0. The van der Waals surface area contributed by atoms with Crippen LogP contribution in [0.15, 0.2) is 18.2 Å². The fraction of sp³-hybridized carbons (Fsp3) is 0.500. The van der Waals surface area contributed by atoms with Crippen molar-refractivity contribution in [1.29, 1.82) is 0 Å². The standard InChI is InChI=1S/C18H22O6S/c1-10(25-4)7-15-17(20)16(18(21)24-15)13(19)8-11-5-6-12(22-2)9-14(11)23-3/h5-6,9-10,15-16H,7-8H2,1-4H3. The summed E-state index contributed by atoms with van der Waals surface area (Å²) in [6.45, 7) is 1.95. The van der Waals surface area contributed by atoms with Crippen LogP contribution in [-0.2, 0) is 25.5 Å². The molecule has 25 heavy (non-hydrogen) atoms. The van der Waals surface area contributed by atoms with Gasteiger partial charge in [-0.25, -0.2) is 0 Å². The first-order valence-corrected chi connectivity index (χ1v) is 9.20. The van der Waals surface area contributed by atoms with Gasteiger partial charge in [-0.15, -0.1) is 0 Å². The number of cyclic esters (lactones) is 1. The molecule has 1 aliphatic rings. The number of Topliss-reactive ketones (excluding diaryl/α,β-unsaturated/α-hetero) is 2. The number of hydrogen-bond acceptors (Lipinski definition) is 7. The van der Waals surface area contributed by atoms with Gasteiger partial charge in [0.05, 0.1) is 14.2 Å². The molecule has 1 heterocycles. The quantitative estimate of drug-likeness (QED) is 0.515. The summed E-state index contributed by atoms with van der Waals surface area (Å²) in [4.78, 5) is 37.0. The lowest BCUT2D eigenvalue weighted by atomic mass is 9.92. The molecule has 136 valence electrons. The van der Waals surface area contributed by atoms with E-state index < -0.39 is 29.6 Å². The molecule has 6 nitrogen and oxygen atoms in total. The van der Waals surface area contributed by atoms with E-state index in [0.29, 0.717) is 23.5 Å². The average Bonchev–Trinajstić information content (AvgIpc) is 2.88. The minimum atomic E-state index is -1.34. The number of carbonyl (C=O) groups excluding carboxylic acids is 3. The summed E-state index contributed by atoms with van der Waals surface area (Å²) >= 11 is 1.58. The van der Waals surface area contributed by atoms with Crippen molar-refractivity contribution in [3.63, 3.8) is 0 Å². The van der Waals surface area contributed by atoms with Crippen LogP contribution < -0.4 is 9.47 Å². The summed E-state index contributed by atoms with van der Waals surface area (Å²) in [5, 5.41) is 0.164. The number of benzene rings is 1. The van der Waals surface area contributed by atoms with Crippen LogP contribution in [0.3, 0.4) is 0 Å². The van der Waals surface area contributed by atoms with Gasteiger partial charge in [0.2, 0.25) is 0 Å². The maximum Gasteiger partial charge on any atom is 0.325 e. The van der Waals surface area contributed by atoms with E-state index in [1.807, 2.05) is 13.2 Å². The van der Waals surface area contributed by atoms with Crippen LogP contribution in [0.25, 0.3) is 0 Å². The Morgan fingerprint density at radius 1 is 1.28 bits per heavy atom. The third-order valence-electron chi connectivity index (χ3n) is 4.23. The largest absolute Gasteiger partial charge is 0.497 e. The number of ether oxygens (including phenoxy) is 3. The molecule has 1 fully saturated rings. The molecule has 0 saturated carbocycles. The smallest absolute Gasteiger partial charge is 0.325 e. The summed E-state index contributed by atoms with van der Waals surface area (Å²) in [6, 6.07) is 5.04. The van der Waals surface area contributed by atoms with Crippen molar-refractivity contribution >= 4 is 29.3 Å². The predicted molar refractivity (Wildman–Crippen MR) is 94.2 cm³/mol. The van der Waals surface area contributed by atoms with Gasteiger partial charge >= 0.3 is 5.97 Å². The molecule has 0 amide bonds. The van der Waals surface area contributed by atoms with Gasteiger partial charge in [-0.1, -0.05) is 13.0 Å². The van der Waals surface area contributed by atoms with E-state index >= 15 is 0 Å². The van der Waals surface area contributed by atoms with E-state index in [2.05, 4.69) is 0 Å². The molecule has 7 heteroatoms. The topological polar surface area (TPSA) is 78.9 Å². The van der Waals surface area contributed by atoms with Gasteiger partial charge in [-0.3, -0.25) is 14.4 Å². The zero-order valence-corrected chi connectivity index (χ0v) is 15.6. The number of esters is 1. The predicted octanol–water partition coefficient (Wildman–Crippen LogP) is 2.07. The van der Waals surface area contributed by atoms with Crippen LogP contribution in [0, 0.1) is 5.92 Å². The highest BCUT2D eigenvalue weighted by Crippen LogP contribution is 2.29. The number of rotatable bonds is 8. The number of ketones is 2. The number of methoxy groups -OCH3 is 2. The van der Waals surface area contributed by atoms with Gasteiger partial charge in [0.1, 0.15) is 11.5 Å². The van der Waals surface area contributed by atoms with Crippen molar-refractivity contribution < 1.29 is 28.6 Å². The molecule has 0 bridgehead atoms. The Morgan fingerprint density at radius 2 is 2.00 bits per heavy atom. The SMILES string of the molecule is COc1ccc(CC(=O)C2C(=O)OC(CC(C)SC)C2=O)c(OC)c1. The second-order valence-electron chi connectivity index (χ2n) is 5.86. The molecule has 3 atom stereocenters. The Morgan fingerprint density at radius 3 is 2.60 bits per heavy atom. The van der Waals surface area contributed by atoms with Gasteiger partial charge in [0.25, 0.3) is 0 Å². The minimum absolute atomic E-state index is 0.0799. The van der Waals surface area contributed by atoms with Gasteiger partial charge in [-0.2, -0.15) is 11.8 Å². The summed E-state index contributed by atoms with van der Waals surface area (Å²) in [5.41, 5.74) is 0.592. The maximum atomic E-state index is 12.5. The van der Waals surface area contributed by atoms with E-state index in [1.54, 1.807) is 30.0 Å². The molecule has 1 aliphatic heterocycles. The molecule has 1 aromatic rings. The zero-order valence-electron chi connectivity index (χ0n) is 14.7. The van der Waals surface area contributed by atoms with Crippen molar-refractivity contribution in [3.8, 4) is 11.5 Å². The van der Waals surface area contributed by atoms with Gasteiger partial charge in [0, 0.05) is 29.7 Å². The second-order valence-corrected chi connectivity index (χ2v) is 7.14. The van der Waals surface area contributed by atoms with Crippen molar-refractivity contribution in [2.45, 2.75) is 31.1 Å². The molecule has 2 rings (SSSR count). The van der Waals surface area contributed by atoms with Gasteiger partial charge in [0.15, 0.2) is 23.6 Å². The first-order chi connectivity index (χ1) is 11.9. The molecule has 0 spiro atoms. The lowest BCUT2D eigenvalue weighted by Gasteiger charge is -2.12. The molecule has 1 saturated heterocycles. The number of carbonyl (C=O) groups is 3. The van der Waals surface area contributed by atoms with Gasteiger partial charge < -0.3 is 14.2 Å². The van der Waals surface area contributed by atoms with Crippen LogP contribution in [-0.4, -0.2) is 49.4 Å². The van der Waals surface area contributed by atoms with Crippen LogP contribution >= 0.6 is 11.8 Å². The molecular formula is C18H22O6S. The van der Waals surface area contributed by atoms with E-state index in [9.17, 15) is 14.4 Å². The lowest BCUT2D eigenvalue weighted by molar-refractivity contribution is -0.146. The monoisotopic (exact) mass is 366 g/mol. The third kappa shape index (κ3) is 4.34. The Hall–Kier alpha value is -2.02. The zero-order chi connectivity index (χ0) is 18.6. The van der Waals surface area contributed by atoms with Crippen molar-refractivity contribution in [2.24, 2.45) is 5.92 Å². The molecule has 0 N–H and O–H groups in total. The van der Waals surface area contributed by atoms with Crippen LogP contribution in [0.1, 0.15) is 18.9 Å². The number of thioether (sulfide) groups is 1. The second kappa shape index (κ2) is 8.38. The highest BCUT2D eigenvalue weighted by molar-refractivity contribution is 7.99. The summed E-state index contributed by atoms with van der Waals surface area (Å²) in [5.74, 6) is -1.94. The first-order valence-electron chi connectivity index (χ1n) is 7.91. The minimum Gasteiger partial charge on any atom is -0.497 e. The molecule has 0 aromatic heterocycles. The molecule has 0 radical (unpaired) electrons. The van der Waals surface area contributed by atoms with E-state index in [4.69, 9.17) is 14.2 Å². The fourth-order valence-corrected chi connectivity index (χ4v) is 3.08. The van der Waals surface area contributed by atoms with E-state index in [1.165, 1.54) is 14.2 Å². The summed E-state index contributed by atoms with van der Waals surface area (Å²) < 4.78 is 15.5. The Labute approximate surface area is 151 Å². The van der Waals surface area contributed by atoms with Crippen molar-refractivity contribution in [1.82, 2.24) is 0 Å². The van der Waals surface area contributed by atoms with E-state index in [0.717, 1.165) is 0 Å². The Bertz CT molecular complexity index is 672. The Kier molecular flexibility index (Phi) is 6.47. The fourth-order valence-electron chi connectivity index (χ4n) is 2.71.